The topological polar surface area (TPSA) is 105 Å². The molecule has 156 valence electrons. The lowest BCUT2D eigenvalue weighted by molar-refractivity contribution is -0.125. The SMILES string of the molecule is O=C(CN(C(=O)CCC(=O)Nc1nccs1)c1cccc(F)c1)NCc1ccco1. The van der Waals surface area contributed by atoms with Gasteiger partial charge in [-0.25, -0.2) is 9.37 Å². The number of benzene rings is 1. The van der Waals surface area contributed by atoms with E-state index in [1.54, 1.807) is 23.7 Å². The smallest absolute Gasteiger partial charge is 0.240 e. The molecule has 3 aromatic rings. The first-order valence-corrected chi connectivity index (χ1v) is 9.93. The van der Waals surface area contributed by atoms with Gasteiger partial charge in [0, 0.05) is 30.1 Å². The molecule has 2 aromatic heterocycles. The molecule has 0 aliphatic heterocycles. The molecule has 2 heterocycles. The summed E-state index contributed by atoms with van der Waals surface area (Å²) in [7, 11) is 0. The summed E-state index contributed by atoms with van der Waals surface area (Å²) in [5, 5.41) is 7.39. The number of carbonyl (C=O) groups excluding carboxylic acids is 3. The molecule has 0 aliphatic carbocycles. The number of hydrogen-bond acceptors (Lipinski definition) is 6. The van der Waals surface area contributed by atoms with Crippen LogP contribution in [0, 0.1) is 5.82 Å². The molecule has 0 aliphatic rings. The van der Waals surface area contributed by atoms with E-state index in [9.17, 15) is 18.8 Å². The molecule has 0 radical (unpaired) electrons. The van der Waals surface area contributed by atoms with E-state index in [1.165, 1.54) is 35.8 Å². The Labute approximate surface area is 175 Å². The number of thiazole rings is 1. The highest BCUT2D eigenvalue weighted by atomic mass is 32.1. The molecular formula is C20H19FN4O4S. The molecule has 30 heavy (non-hydrogen) atoms. The minimum absolute atomic E-state index is 0.0990. The highest BCUT2D eigenvalue weighted by Crippen LogP contribution is 2.18. The van der Waals surface area contributed by atoms with Gasteiger partial charge in [-0.3, -0.25) is 14.4 Å². The molecule has 0 saturated heterocycles. The summed E-state index contributed by atoms with van der Waals surface area (Å²) < 4.78 is 18.8. The van der Waals surface area contributed by atoms with Crippen LogP contribution >= 0.6 is 11.3 Å². The highest BCUT2D eigenvalue weighted by Gasteiger charge is 2.21. The summed E-state index contributed by atoms with van der Waals surface area (Å²) >= 11 is 1.26. The fourth-order valence-electron chi connectivity index (χ4n) is 2.59. The summed E-state index contributed by atoms with van der Waals surface area (Å²) in [4.78, 5) is 42.2. The zero-order valence-electron chi connectivity index (χ0n) is 15.8. The van der Waals surface area contributed by atoms with Gasteiger partial charge in [0.05, 0.1) is 12.8 Å². The molecule has 0 spiro atoms. The van der Waals surface area contributed by atoms with Crippen molar-refractivity contribution in [1.82, 2.24) is 10.3 Å². The number of furan rings is 1. The molecular weight excluding hydrogens is 411 g/mol. The van der Waals surface area contributed by atoms with Crippen LogP contribution in [0.15, 0.2) is 58.7 Å². The van der Waals surface area contributed by atoms with Crippen molar-refractivity contribution in [3.63, 3.8) is 0 Å². The number of nitrogens with one attached hydrogen (secondary N) is 2. The van der Waals surface area contributed by atoms with Gasteiger partial charge in [0.15, 0.2) is 5.13 Å². The van der Waals surface area contributed by atoms with Crippen LogP contribution in [0.25, 0.3) is 0 Å². The van der Waals surface area contributed by atoms with Gasteiger partial charge in [0.25, 0.3) is 0 Å². The van der Waals surface area contributed by atoms with Gasteiger partial charge in [0.1, 0.15) is 18.1 Å². The first-order valence-electron chi connectivity index (χ1n) is 9.05. The maximum absolute atomic E-state index is 13.7. The summed E-state index contributed by atoms with van der Waals surface area (Å²) in [5.41, 5.74) is 0.230. The van der Waals surface area contributed by atoms with Crippen LogP contribution in [0.1, 0.15) is 18.6 Å². The van der Waals surface area contributed by atoms with Crippen molar-refractivity contribution in [2.45, 2.75) is 19.4 Å². The monoisotopic (exact) mass is 430 g/mol. The Morgan fingerprint density at radius 2 is 2.00 bits per heavy atom. The molecule has 8 nitrogen and oxygen atoms in total. The van der Waals surface area contributed by atoms with Crippen molar-refractivity contribution in [1.29, 1.82) is 0 Å². The van der Waals surface area contributed by atoms with Gasteiger partial charge in [0.2, 0.25) is 17.7 Å². The van der Waals surface area contributed by atoms with E-state index in [2.05, 4.69) is 15.6 Å². The quantitative estimate of drug-likeness (QED) is 0.543. The van der Waals surface area contributed by atoms with Crippen molar-refractivity contribution in [2.75, 3.05) is 16.8 Å². The highest BCUT2D eigenvalue weighted by molar-refractivity contribution is 7.13. The normalized spacial score (nSPS) is 10.4. The Balaban J connectivity index is 1.61. The Bertz CT molecular complexity index is 992. The predicted octanol–water partition coefficient (Wildman–Crippen LogP) is 2.94. The zero-order valence-corrected chi connectivity index (χ0v) is 16.7. The molecule has 0 saturated carbocycles. The lowest BCUT2D eigenvalue weighted by Crippen LogP contribution is -2.41. The first kappa shape index (κ1) is 21.2. The average Bonchev–Trinajstić information content (AvgIpc) is 3.43. The van der Waals surface area contributed by atoms with Crippen molar-refractivity contribution in [3.8, 4) is 0 Å². The maximum atomic E-state index is 13.7. The Morgan fingerprint density at radius 3 is 2.70 bits per heavy atom. The second-order valence-electron chi connectivity index (χ2n) is 6.20. The molecule has 3 amide bonds. The standard InChI is InChI=1S/C20H19FN4O4S/c21-14-3-1-4-15(11-14)25(13-18(27)23-12-16-5-2-9-29-16)19(28)7-6-17(26)24-20-22-8-10-30-20/h1-5,8-11H,6-7,12-13H2,(H,23,27)(H,22,24,26). The number of anilines is 2. The second-order valence-corrected chi connectivity index (χ2v) is 7.10. The van der Waals surface area contributed by atoms with E-state index < -0.39 is 17.6 Å². The number of amides is 3. The van der Waals surface area contributed by atoms with Crippen molar-refractivity contribution in [2.24, 2.45) is 0 Å². The third kappa shape index (κ3) is 6.24. The van der Waals surface area contributed by atoms with Crippen LogP contribution < -0.4 is 15.5 Å². The number of rotatable bonds is 9. The number of aromatic nitrogens is 1. The summed E-state index contributed by atoms with van der Waals surface area (Å²) in [5.74, 6) is -1.28. The summed E-state index contributed by atoms with van der Waals surface area (Å²) in [6.45, 7) is -0.162. The lowest BCUT2D eigenvalue weighted by Gasteiger charge is -2.22. The number of carbonyl (C=O) groups is 3. The fourth-order valence-corrected chi connectivity index (χ4v) is 3.13. The first-order chi connectivity index (χ1) is 14.5. The third-order valence-corrected chi connectivity index (χ3v) is 4.70. The Morgan fingerprint density at radius 1 is 1.13 bits per heavy atom. The third-order valence-electron chi connectivity index (χ3n) is 4.01. The van der Waals surface area contributed by atoms with E-state index >= 15 is 0 Å². The number of halogens is 1. The van der Waals surface area contributed by atoms with Crippen LogP contribution in [0.3, 0.4) is 0 Å². The van der Waals surface area contributed by atoms with Gasteiger partial charge < -0.3 is 20.0 Å². The van der Waals surface area contributed by atoms with Crippen LogP contribution in [-0.4, -0.2) is 29.3 Å². The van der Waals surface area contributed by atoms with Crippen molar-refractivity contribution >= 4 is 39.9 Å². The molecule has 0 bridgehead atoms. The summed E-state index contributed by atoms with van der Waals surface area (Å²) in [6, 6.07) is 8.77. The minimum Gasteiger partial charge on any atom is -0.467 e. The van der Waals surface area contributed by atoms with Gasteiger partial charge in [-0.05, 0) is 30.3 Å². The molecule has 0 atom stereocenters. The molecule has 10 heteroatoms. The average molecular weight is 430 g/mol. The van der Waals surface area contributed by atoms with E-state index in [0.29, 0.717) is 10.9 Å². The van der Waals surface area contributed by atoms with Crippen LogP contribution in [0.4, 0.5) is 15.2 Å². The fraction of sp³-hybridized carbons (Fsp3) is 0.200. The number of hydrogen-bond donors (Lipinski definition) is 2. The predicted molar refractivity (Wildman–Crippen MR) is 109 cm³/mol. The van der Waals surface area contributed by atoms with Crippen molar-refractivity contribution in [3.05, 3.63) is 65.8 Å². The molecule has 0 unspecified atom stereocenters. The number of nitrogens with zero attached hydrogens (tertiary/aromatic N) is 2. The molecule has 0 fully saturated rings. The Hall–Kier alpha value is -3.53. The van der Waals surface area contributed by atoms with E-state index in [4.69, 9.17) is 4.42 Å². The van der Waals surface area contributed by atoms with Crippen LogP contribution in [-0.2, 0) is 20.9 Å². The van der Waals surface area contributed by atoms with E-state index in [1.807, 2.05) is 0 Å². The van der Waals surface area contributed by atoms with Crippen LogP contribution in [0.5, 0.6) is 0 Å². The second kappa shape index (κ2) is 10.3. The van der Waals surface area contributed by atoms with Gasteiger partial charge >= 0.3 is 0 Å². The molecule has 2 N–H and O–H groups in total. The van der Waals surface area contributed by atoms with E-state index in [0.717, 1.165) is 11.0 Å². The summed E-state index contributed by atoms with van der Waals surface area (Å²) in [6.07, 6.45) is 2.79. The zero-order chi connectivity index (χ0) is 21.3. The Kier molecular flexibility index (Phi) is 7.28. The van der Waals surface area contributed by atoms with Gasteiger partial charge in [-0.2, -0.15) is 0 Å². The van der Waals surface area contributed by atoms with Gasteiger partial charge in [-0.15, -0.1) is 11.3 Å². The lowest BCUT2D eigenvalue weighted by atomic mass is 10.2. The van der Waals surface area contributed by atoms with Crippen LogP contribution in [0.2, 0.25) is 0 Å². The minimum atomic E-state index is -0.539. The molecule has 3 rings (SSSR count). The van der Waals surface area contributed by atoms with Crippen molar-refractivity contribution < 1.29 is 23.2 Å². The maximum Gasteiger partial charge on any atom is 0.240 e. The van der Waals surface area contributed by atoms with Gasteiger partial charge in [-0.1, -0.05) is 6.07 Å². The largest absolute Gasteiger partial charge is 0.467 e. The molecule has 1 aromatic carbocycles. The van der Waals surface area contributed by atoms with E-state index in [-0.39, 0.29) is 37.5 Å².